The van der Waals surface area contributed by atoms with E-state index in [9.17, 15) is 9.59 Å². The molecule has 1 N–H and O–H groups in total. The fourth-order valence-electron chi connectivity index (χ4n) is 3.12. The maximum atomic E-state index is 13.2. The predicted octanol–water partition coefficient (Wildman–Crippen LogP) is 5.18. The van der Waals surface area contributed by atoms with Crippen molar-refractivity contribution in [2.75, 3.05) is 0 Å². The van der Waals surface area contributed by atoms with Crippen LogP contribution < -0.4 is 5.32 Å². The fourth-order valence-corrected chi connectivity index (χ4v) is 3.58. The molecule has 0 unspecified atom stereocenters. The van der Waals surface area contributed by atoms with Crippen molar-refractivity contribution in [3.8, 4) is 0 Å². The monoisotopic (exact) mass is 434 g/mol. The maximum absolute atomic E-state index is 13.2. The highest BCUT2D eigenvalue weighted by Gasteiger charge is 2.29. The van der Waals surface area contributed by atoms with Crippen LogP contribution in [-0.4, -0.2) is 28.8 Å². The summed E-state index contributed by atoms with van der Waals surface area (Å²) < 4.78 is 0. The number of carbonyl (C=O) groups is 2. The lowest BCUT2D eigenvalue weighted by atomic mass is 10.1. The van der Waals surface area contributed by atoms with Gasteiger partial charge in [0.1, 0.15) is 6.04 Å². The van der Waals surface area contributed by atoms with Crippen LogP contribution >= 0.6 is 23.2 Å². The van der Waals surface area contributed by atoms with Gasteiger partial charge in [-0.3, -0.25) is 9.59 Å². The molecule has 0 aromatic heterocycles. The molecule has 0 heterocycles. The average molecular weight is 435 g/mol. The Morgan fingerprint density at radius 2 is 1.72 bits per heavy atom. The highest BCUT2D eigenvalue weighted by Crippen LogP contribution is 2.24. The second-order valence-electron chi connectivity index (χ2n) is 7.51. The zero-order valence-corrected chi connectivity index (χ0v) is 18.8. The summed E-state index contributed by atoms with van der Waals surface area (Å²) in [7, 11) is 0. The molecule has 0 bridgehead atoms. The summed E-state index contributed by atoms with van der Waals surface area (Å²) in [6.45, 7) is 7.95. The van der Waals surface area contributed by atoms with Crippen molar-refractivity contribution < 1.29 is 9.59 Å². The van der Waals surface area contributed by atoms with E-state index >= 15 is 0 Å². The summed E-state index contributed by atoms with van der Waals surface area (Å²) in [6, 6.07) is 12.4. The van der Waals surface area contributed by atoms with E-state index in [4.69, 9.17) is 23.2 Å². The highest BCUT2D eigenvalue weighted by atomic mass is 35.5. The van der Waals surface area contributed by atoms with Gasteiger partial charge in [-0.15, -0.1) is 0 Å². The first-order chi connectivity index (χ1) is 13.7. The van der Waals surface area contributed by atoms with Crippen LogP contribution in [0.2, 0.25) is 10.0 Å². The maximum Gasteiger partial charge on any atom is 0.243 e. The number of nitrogens with zero attached hydrogens (tertiary/aromatic N) is 1. The molecule has 4 nitrogen and oxygen atoms in total. The molecule has 29 heavy (non-hydrogen) atoms. The number of amides is 2. The molecule has 0 aliphatic carbocycles. The molecule has 2 aromatic rings. The molecule has 2 rings (SSSR count). The van der Waals surface area contributed by atoms with Crippen LogP contribution in [0, 0.1) is 6.92 Å². The van der Waals surface area contributed by atoms with Crippen LogP contribution in [0.5, 0.6) is 0 Å². The minimum absolute atomic E-state index is 0.00952. The van der Waals surface area contributed by atoms with Gasteiger partial charge in [0.15, 0.2) is 0 Å². The van der Waals surface area contributed by atoms with Crippen molar-refractivity contribution in [1.82, 2.24) is 10.2 Å². The minimum atomic E-state index is -0.581. The molecular weight excluding hydrogens is 407 g/mol. The van der Waals surface area contributed by atoms with Gasteiger partial charge in [0.25, 0.3) is 0 Å². The number of benzene rings is 2. The van der Waals surface area contributed by atoms with E-state index in [1.165, 1.54) is 0 Å². The molecule has 6 heteroatoms. The molecule has 0 aliphatic heterocycles. The SMILES string of the molecule is CC[C@H](C(=O)NC(C)C)N(Cc1ccc(Cl)cc1Cl)C(=O)Cc1ccc(C)cc1. The van der Waals surface area contributed by atoms with Crippen LogP contribution in [0.15, 0.2) is 42.5 Å². The summed E-state index contributed by atoms with van der Waals surface area (Å²) in [6.07, 6.45) is 0.723. The van der Waals surface area contributed by atoms with Crippen molar-refractivity contribution in [3.63, 3.8) is 0 Å². The molecule has 0 radical (unpaired) electrons. The van der Waals surface area contributed by atoms with E-state index in [0.29, 0.717) is 16.5 Å². The number of hydrogen-bond donors (Lipinski definition) is 1. The Morgan fingerprint density at radius 3 is 2.28 bits per heavy atom. The first-order valence-corrected chi connectivity index (χ1v) is 10.6. The van der Waals surface area contributed by atoms with E-state index in [0.717, 1.165) is 16.7 Å². The van der Waals surface area contributed by atoms with Gasteiger partial charge in [0, 0.05) is 22.6 Å². The zero-order chi connectivity index (χ0) is 21.6. The Morgan fingerprint density at radius 1 is 1.07 bits per heavy atom. The largest absolute Gasteiger partial charge is 0.352 e. The van der Waals surface area contributed by atoms with Gasteiger partial charge >= 0.3 is 0 Å². The van der Waals surface area contributed by atoms with Crippen molar-refractivity contribution in [1.29, 1.82) is 0 Å². The number of carbonyl (C=O) groups excluding carboxylic acids is 2. The van der Waals surface area contributed by atoms with Gasteiger partial charge in [-0.1, -0.05) is 66.0 Å². The number of halogens is 2. The number of hydrogen-bond acceptors (Lipinski definition) is 2. The molecule has 0 fully saturated rings. The van der Waals surface area contributed by atoms with Crippen molar-refractivity contribution in [2.45, 2.75) is 59.2 Å². The number of aryl methyl sites for hydroxylation is 1. The second-order valence-corrected chi connectivity index (χ2v) is 8.35. The quantitative estimate of drug-likeness (QED) is 0.622. The Bertz CT molecular complexity index is 850. The van der Waals surface area contributed by atoms with E-state index in [1.54, 1.807) is 23.1 Å². The third-order valence-electron chi connectivity index (χ3n) is 4.65. The molecule has 2 aromatic carbocycles. The normalized spacial score (nSPS) is 12.0. The summed E-state index contributed by atoms with van der Waals surface area (Å²) in [5.74, 6) is -0.282. The first-order valence-electron chi connectivity index (χ1n) is 9.80. The Balaban J connectivity index is 2.33. The molecule has 0 saturated carbocycles. The Kier molecular flexibility index (Phi) is 8.54. The second kappa shape index (κ2) is 10.7. The van der Waals surface area contributed by atoms with E-state index in [1.807, 2.05) is 52.0 Å². The van der Waals surface area contributed by atoms with E-state index < -0.39 is 6.04 Å². The highest BCUT2D eigenvalue weighted by molar-refractivity contribution is 6.35. The van der Waals surface area contributed by atoms with Crippen LogP contribution in [0.1, 0.15) is 43.9 Å². The molecule has 1 atom stereocenters. The van der Waals surface area contributed by atoms with Crippen LogP contribution in [-0.2, 0) is 22.6 Å². The smallest absolute Gasteiger partial charge is 0.243 e. The van der Waals surface area contributed by atoms with Crippen LogP contribution in [0.3, 0.4) is 0 Å². The van der Waals surface area contributed by atoms with Crippen LogP contribution in [0.4, 0.5) is 0 Å². The predicted molar refractivity (Wildman–Crippen MR) is 119 cm³/mol. The lowest BCUT2D eigenvalue weighted by Gasteiger charge is -2.31. The van der Waals surface area contributed by atoms with Crippen molar-refractivity contribution in [2.24, 2.45) is 0 Å². The summed E-state index contributed by atoms with van der Waals surface area (Å²) >= 11 is 12.3. The van der Waals surface area contributed by atoms with Gasteiger partial charge in [-0.05, 0) is 50.5 Å². The number of nitrogens with one attached hydrogen (secondary N) is 1. The van der Waals surface area contributed by atoms with Crippen LogP contribution in [0.25, 0.3) is 0 Å². The Labute approximate surface area is 183 Å². The zero-order valence-electron chi connectivity index (χ0n) is 17.3. The third kappa shape index (κ3) is 6.76. The lowest BCUT2D eigenvalue weighted by molar-refractivity contribution is -0.141. The van der Waals surface area contributed by atoms with E-state index in [-0.39, 0.29) is 30.8 Å². The first kappa shape index (κ1) is 23.2. The van der Waals surface area contributed by atoms with Gasteiger partial charge in [-0.2, -0.15) is 0 Å². The van der Waals surface area contributed by atoms with Gasteiger partial charge in [0.05, 0.1) is 6.42 Å². The fraction of sp³-hybridized carbons (Fsp3) is 0.391. The molecule has 0 spiro atoms. The lowest BCUT2D eigenvalue weighted by Crippen LogP contribution is -2.50. The molecule has 0 aliphatic rings. The van der Waals surface area contributed by atoms with Gasteiger partial charge in [-0.25, -0.2) is 0 Å². The van der Waals surface area contributed by atoms with Crippen molar-refractivity contribution in [3.05, 3.63) is 69.2 Å². The summed E-state index contributed by atoms with van der Waals surface area (Å²) in [4.78, 5) is 27.7. The van der Waals surface area contributed by atoms with E-state index in [2.05, 4.69) is 5.32 Å². The summed E-state index contributed by atoms with van der Waals surface area (Å²) in [5.41, 5.74) is 2.80. The molecule has 2 amide bonds. The number of rotatable bonds is 8. The standard InChI is InChI=1S/C23H28Cl2N2O2/c1-5-21(23(29)26-15(2)3)27(14-18-10-11-19(24)13-20(18)25)22(28)12-17-8-6-16(4)7-9-17/h6-11,13,15,21H,5,12,14H2,1-4H3,(H,26,29)/t21-/m1/s1. The Hall–Kier alpha value is -2.04. The van der Waals surface area contributed by atoms with Gasteiger partial charge < -0.3 is 10.2 Å². The van der Waals surface area contributed by atoms with Crippen molar-refractivity contribution >= 4 is 35.0 Å². The third-order valence-corrected chi connectivity index (χ3v) is 5.24. The average Bonchev–Trinajstić information content (AvgIpc) is 2.64. The molecular formula is C23H28Cl2N2O2. The molecule has 156 valence electrons. The summed E-state index contributed by atoms with van der Waals surface area (Å²) in [5, 5.41) is 3.93. The minimum Gasteiger partial charge on any atom is -0.352 e. The van der Waals surface area contributed by atoms with Gasteiger partial charge in [0.2, 0.25) is 11.8 Å². The topological polar surface area (TPSA) is 49.4 Å². The molecule has 0 saturated heterocycles.